The summed E-state index contributed by atoms with van der Waals surface area (Å²) in [6.45, 7) is 4.34. The molecule has 0 unspecified atom stereocenters. The maximum atomic E-state index is 5.09. The molecule has 4 bridgehead atoms. The topological polar surface area (TPSA) is 29.9 Å². The number of rotatable bonds is 2. The highest BCUT2D eigenvalue weighted by Crippen LogP contribution is 2.61. The van der Waals surface area contributed by atoms with E-state index in [4.69, 9.17) is 5.10 Å². The van der Waals surface area contributed by atoms with Gasteiger partial charge in [0.25, 0.3) is 0 Å². The molecule has 2 heterocycles. The van der Waals surface area contributed by atoms with Crippen molar-refractivity contribution < 1.29 is 0 Å². The molecule has 1 aromatic rings. The van der Waals surface area contributed by atoms with Crippen LogP contribution in [0.15, 0.2) is 0 Å². The number of nitrogens with zero attached hydrogens (tertiary/aromatic N) is 2. The fraction of sp³-hybridized carbons (Fsp3) is 0.824. The molecule has 4 fully saturated rings. The molecule has 108 valence electrons. The Hall–Kier alpha value is -0.990. The number of aryl methyl sites for hydroxylation is 1. The fourth-order valence-corrected chi connectivity index (χ4v) is 6.30. The van der Waals surface area contributed by atoms with Crippen LogP contribution in [-0.2, 0) is 18.4 Å². The van der Waals surface area contributed by atoms with Gasteiger partial charge in [-0.25, -0.2) is 4.68 Å². The molecule has 0 aromatic carbocycles. The van der Waals surface area contributed by atoms with Crippen LogP contribution in [0.4, 0.5) is 5.82 Å². The van der Waals surface area contributed by atoms with E-state index in [-0.39, 0.29) is 0 Å². The summed E-state index contributed by atoms with van der Waals surface area (Å²) in [7, 11) is 0. The minimum absolute atomic E-state index is 0.464. The molecule has 0 amide bonds. The summed E-state index contributed by atoms with van der Waals surface area (Å²) in [4.78, 5) is 0. The van der Waals surface area contributed by atoms with Gasteiger partial charge in [0.1, 0.15) is 5.82 Å². The minimum atomic E-state index is 0.464. The molecule has 1 aromatic heterocycles. The van der Waals surface area contributed by atoms with Crippen LogP contribution in [0.3, 0.4) is 0 Å². The number of hydrogen-bond donors (Lipinski definition) is 1. The maximum Gasteiger partial charge on any atom is 0.127 e. The van der Waals surface area contributed by atoms with Crippen molar-refractivity contribution in [3.8, 4) is 0 Å². The van der Waals surface area contributed by atoms with Crippen LogP contribution in [0.5, 0.6) is 0 Å². The third-order valence-electron chi connectivity index (χ3n) is 6.56. The van der Waals surface area contributed by atoms with Gasteiger partial charge in [-0.15, -0.1) is 0 Å². The van der Waals surface area contributed by atoms with Crippen molar-refractivity contribution in [1.82, 2.24) is 9.78 Å². The second kappa shape index (κ2) is 3.80. The van der Waals surface area contributed by atoms with Gasteiger partial charge in [0.05, 0.1) is 5.69 Å². The Morgan fingerprint density at radius 3 is 2.40 bits per heavy atom. The Labute approximate surface area is 121 Å². The molecule has 20 heavy (non-hydrogen) atoms. The average Bonchev–Trinajstić information content (AvgIpc) is 2.97. The molecule has 4 aliphatic carbocycles. The summed E-state index contributed by atoms with van der Waals surface area (Å²) in [6.07, 6.45) is 10.1. The molecule has 3 heteroatoms. The predicted molar refractivity (Wildman–Crippen MR) is 79.9 cm³/mol. The van der Waals surface area contributed by atoms with E-state index in [1.165, 1.54) is 56.5 Å². The van der Waals surface area contributed by atoms with Gasteiger partial charge in [0.2, 0.25) is 0 Å². The molecule has 4 saturated carbocycles. The summed E-state index contributed by atoms with van der Waals surface area (Å²) >= 11 is 0. The van der Waals surface area contributed by atoms with Gasteiger partial charge in [-0.3, -0.25) is 0 Å². The second-order valence-corrected chi connectivity index (χ2v) is 7.87. The standard InChI is InChI=1S/C17H25N3/c1-2-20-16-14(3-4-18-16)15(19-20)17-8-11-5-12(9-17)7-13(6-11)10-17/h11-13,18H,2-10H2,1H3. The van der Waals surface area contributed by atoms with Gasteiger partial charge in [-0.05, 0) is 69.6 Å². The van der Waals surface area contributed by atoms with Crippen LogP contribution in [0, 0.1) is 17.8 Å². The molecule has 3 nitrogen and oxygen atoms in total. The normalized spacial score (nSPS) is 41.0. The van der Waals surface area contributed by atoms with E-state index in [2.05, 4.69) is 16.9 Å². The number of aromatic nitrogens is 2. The number of hydrogen-bond acceptors (Lipinski definition) is 2. The average molecular weight is 271 g/mol. The molecule has 0 atom stereocenters. The van der Waals surface area contributed by atoms with Gasteiger partial charge < -0.3 is 5.32 Å². The smallest absolute Gasteiger partial charge is 0.127 e. The third-order valence-corrected chi connectivity index (χ3v) is 6.56. The SMILES string of the molecule is CCn1nc(C23CC4CC(CC(C4)C2)C3)c2c1NCC2. The first-order valence-corrected chi connectivity index (χ1v) is 8.61. The summed E-state index contributed by atoms with van der Waals surface area (Å²) in [5.41, 5.74) is 3.55. The van der Waals surface area contributed by atoms with Gasteiger partial charge in [0.15, 0.2) is 0 Å². The van der Waals surface area contributed by atoms with Crippen molar-refractivity contribution in [2.24, 2.45) is 17.8 Å². The van der Waals surface area contributed by atoms with E-state index >= 15 is 0 Å². The van der Waals surface area contributed by atoms with E-state index in [1.54, 1.807) is 5.56 Å². The lowest BCUT2D eigenvalue weighted by Gasteiger charge is -2.56. The molecule has 0 saturated heterocycles. The van der Waals surface area contributed by atoms with Gasteiger partial charge in [-0.2, -0.15) is 5.10 Å². The van der Waals surface area contributed by atoms with Crippen molar-refractivity contribution >= 4 is 5.82 Å². The Morgan fingerprint density at radius 2 is 1.80 bits per heavy atom. The molecular formula is C17H25N3. The van der Waals surface area contributed by atoms with E-state index < -0.39 is 0 Å². The largest absolute Gasteiger partial charge is 0.370 e. The highest BCUT2D eigenvalue weighted by Gasteiger charge is 2.53. The maximum absolute atomic E-state index is 5.09. The fourth-order valence-electron chi connectivity index (χ4n) is 6.30. The zero-order chi connectivity index (χ0) is 13.3. The highest BCUT2D eigenvalue weighted by atomic mass is 15.3. The van der Waals surface area contributed by atoms with E-state index in [9.17, 15) is 0 Å². The molecule has 5 aliphatic rings. The predicted octanol–water partition coefficient (Wildman–Crippen LogP) is 3.34. The van der Waals surface area contributed by atoms with Crippen molar-refractivity contribution in [2.75, 3.05) is 11.9 Å². The molecule has 6 rings (SSSR count). The van der Waals surface area contributed by atoms with Crippen molar-refractivity contribution in [1.29, 1.82) is 0 Å². The Balaban J connectivity index is 1.63. The lowest BCUT2D eigenvalue weighted by molar-refractivity contribution is -0.00782. The number of anilines is 1. The Bertz CT molecular complexity index is 522. The summed E-state index contributed by atoms with van der Waals surface area (Å²) in [5.74, 6) is 4.38. The first-order chi connectivity index (χ1) is 9.77. The zero-order valence-electron chi connectivity index (χ0n) is 12.5. The van der Waals surface area contributed by atoms with Crippen LogP contribution < -0.4 is 5.32 Å². The molecule has 0 radical (unpaired) electrons. The van der Waals surface area contributed by atoms with Crippen molar-refractivity contribution in [3.63, 3.8) is 0 Å². The Kier molecular flexibility index (Phi) is 2.22. The molecule has 0 spiro atoms. The van der Waals surface area contributed by atoms with Gasteiger partial charge in [-0.1, -0.05) is 0 Å². The molecular weight excluding hydrogens is 246 g/mol. The van der Waals surface area contributed by atoms with E-state index in [0.29, 0.717) is 5.41 Å². The summed E-state index contributed by atoms with van der Waals surface area (Å²) < 4.78 is 2.23. The summed E-state index contributed by atoms with van der Waals surface area (Å²) in [6, 6.07) is 0. The first-order valence-electron chi connectivity index (χ1n) is 8.61. The third kappa shape index (κ3) is 1.39. The minimum Gasteiger partial charge on any atom is -0.370 e. The van der Waals surface area contributed by atoms with E-state index in [0.717, 1.165) is 30.8 Å². The second-order valence-electron chi connectivity index (χ2n) is 7.87. The lowest BCUT2D eigenvalue weighted by atomic mass is 9.48. The van der Waals surface area contributed by atoms with Crippen LogP contribution in [0.25, 0.3) is 0 Å². The van der Waals surface area contributed by atoms with E-state index in [1.807, 2.05) is 0 Å². The highest BCUT2D eigenvalue weighted by molar-refractivity contribution is 5.54. The quantitative estimate of drug-likeness (QED) is 0.894. The zero-order valence-corrected chi connectivity index (χ0v) is 12.5. The van der Waals surface area contributed by atoms with Crippen molar-refractivity contribution in [3.05, 3.63) is 11.3 Å². The van der Waals surface area contributed by atoms with Crippen LogP contribution >= 0.6 is 0 Å². The molecule has 1 aliphatic heterocycles. The van der Waals surface area contributed by atoms with Crippen LogP contribution in [0.2, 0.25) is 0 Å². The monoisotopic (exact) mass is 271 g/mol. The van der Waals surface area contributed by atoms with Crippen molar-refractivity contribution in [2.45, 2.75) is 63.8 Å². The van der Waals surface area contributed by atoms with Gasteiger partial charge in [0, 0.05) is 24.1 Å². The van der Waals surface area contributed by atoms with Crippen LogP contribution in [-0.4, -0.2) is 16.3 Å². The molecule has 1 N–H and O–H groups in total. The summed E-state index contributed by atoms with van der Waals surface area (Å²) in [5, 5.41) is 8.67. The Morgan fingerprint density at radius 1 is 1.15 bits per heavy atom. The number of fused-ring (bicyclic) bond motifs is 1. The van der Waals surface area contributed by atoms with Crippen LogP contribution in [0.1, 0.15) is 56.7 Å². The van der Waals surface area contributed by atoms with Gasteiger partial charge >= 0.3 is 0 Å². The number of nitrogens with one attached hydrogen (secondary N) is 1. The first kappa shape index (κ1) is 11.6. The lowest BCUT2D eigenvalue weighted by Crippen LogP contribution is -2.49.